The van der Waals surface area contributed by atoms with Crippen LogP contribution in [0.4, 0.5) is 0 Å². The molecule has 12 heavy (non-hydrogen) atoms. The summed E-state index contributed by atoms with van der Waals surface area (Å²) in [5.41, 5.74) is 0. The quantitative estimate of drug-likeness (QED) is 0.654. The second-order valence-electron chi connectivity index (χ2n) is 3.35. The summed E-state index contributed by atoms with van der Waals surface area (Å²) >= 11 is 1.64. The molecule has 0 aromatic rings. The van der Waals surface area contributed by atoms with Crippen LogP contribution in [-0.2, 0) is 4.79 Å². The molecular weight excluding hydrogens is 172 g/mol. The van der Waals surface area contributed by atoms with Crippen LogP contribution in [0.3, 0.4) is 0 Å². The number of hydrogen-bond donors (Lipinski definition) is 1. The maximum absolute atomic E-state index is 11.4. The van der Waals surface area contributed by atoms with Gasteiger partial charge in [0.25, 0.3) is 0 Å². The fourth-order valence-electron chi connectivity index (χ4n) is 1.34. The van der Waals surface area contributed by atoms with E-state index in [1.807, 2.05) is 6.26 Å². The first kappa shape index (κ1) is 10.0. The highest BCUT2D eigenvalue weighted by Gasteiger charge is 2.30. The third kappa shape index (κ3) is 2.47. The monoisotopic (exact) mass is 188 g/mol. The van der Waals surface area contributed by atoms with Gasteiger partial charge in [0.15, 0.2) is 5.78 Å². The molecule has 1 fully saturated rings. The van der Waals surface area contributed by atoms with Crippen LogP contribution in [-0.4, -0.2) is 41.5 Å². The molecule has 0 amide bonds. The van der Waals surface area contributed by atoms with Crippen molar-refractivity contribution in [3.05, 3.63) is 0 Å². The lowest BCUT2D eigenvalue weighted by Gasteiger charge is -2.14. The Hall–Kier alpha value is -0.0600. The summed E-state index contributed by atoms with van der Waals surface area (Å²) in [4.78, 5) is 11.4. The molecule has 4 heteroatoms. The molecule has 0 bridgehead atoms. The largest absolute Gasteiger partial charge is 0.304 e. The molecule has 0 aromatic heterocycles. The van der Waals surface area contributed by atoms with Gasteiger partial charge in [0.2, 0.25) is 0 Å². The van der Waals surface area contributed by atoms with Gasteiger partial charge in [0.05, 0.1) is 12.6 Å². The lowest BCUT2D eigenvalue weighted by atomic mass is 10.2. The fourth-order valence-corrected chi connectivity index (χ4v) is 1.90. The molecule has 0 spiro atoms. The van der Waals surface area contributed by atoms with Crippen LogP contribution < -0.4 is 5.32 Å². The number of ketones is 1. The first-order valence-corrected chi connectivity index (χ1v) is 5.39. The predicted molar refractivity (Wildman–Crippen MR) is 52.2 cm³/mol. The number of hydrogen-bond acceptors (Lipinski definition) is 4. The first-order chi connectivity index (χ1) is 5.63. The molecule has 0 radical (unpaired) electrons. The highest BCUT2D eigenvalue weighted by atomic mass is 32.2. The van der Waals surface area contributed by atoms with E-state index < -0.39 is 0 Å². The van der Waals surface area contributed by atoms with Gasteiger partial charge >= 0.3 is 0 Å². The summed E-state index contributed by atoms with van der Waals surface area (Å²) in [6.07, 6.45) is 2.00. The number of Topliss-reactive ketones (excluding diaryl/α,β-unsaturated/α-hetero) is 1. The third-order valence-electron chi connectivity index (χ3n) is 1.90. The third-order valence-corrected chi connectivity index (χ3v) is 2.69. The second-order valence-corrected chi connectivity index (χ2v) is 4.23. The van der Waals surface area contributed by atoms with Crippen LogP contribution in [0.2, 0.25) is 0 Å². The number of rotatable bonds is 3. The van der Waals surface area contributed by atoms with Gasteiger partial charge in [-0.1, -0.05) is 25.8 Å². The van der Waals surface area contributed by atoms with Crippen molar-refractivity contribution < 1.29 is 4.79 Å². The van der Waals surface area contributed by atoms with Crippen molar-refractivity contribution in [3.8, 4) is 0 Å². The van der Waals surface area contributed by atoms with Gasteiger partial charge < -0.3 is 5.32 Å². The Balaban J connectivity index is 2.41. The zero-order valence-corrected chi connectivity index (χ0v) is 8.65. The molecule has 1 atom stereocenters. The van der Waals surface area contributed by atoms with Crippen molar-refractivity contribution in [1.29, 1.82) is 0 Å². The Labute approximate surface area is 78.0 Å². The summed E-state index contributed by atoms with van der Waals surface area (Å²) in [6, 6.07) is 0.443. The standard InChI is InChI=1S/C8H16N2OS/c1-6(2)9-7-4-10(12-3)5-8(7)11/h6-7,9H,4-5H2,1-3H3/t7-/m1/s1. The van der Waals surface area contributed by atoms with E-state index in [4.69, 9.17) is 0 Å². The summed E-state index contributed by atoms with van der Waals surface area (Å²) < 4.78 is 2.09. The lowest BCUT2D eigenvalue weighted by molar-refractivity contribution is -0.118. The molecular formula is C8H16N2OS. The lowest BCUT2D eigenvalue weighted by Crippen LogP contribution is -2.40. The Morgan fingerprint density at radius 1 is 1.67 bits per heavy atom. The van der Waals surface area contributed by atoms with Gasteiger partial charge in [-0.25, -0.2) is 4.31 Å². The van der Waals surface area contributed by atoms with Crippen LogP contribution in [0.15, 0.2) is 0 Å². The SMILES string of the molecule is CSN1CC(=O)[C@H](NC(C)C)C1. The van der Waals surface area contributed by atoms with Gasteiger partial charge in [-0.2, -0.15) is 0 Å². The van der Waals surface area contributed by atoms with Crippen LogP contribution in [0.1, 0.15) is 13.8 Å². The number of carbonyl (C=O) groups excluding carboxylic acids is 1. The average molecular weight is 188 g/mol. The molecule has 1 saturated heterocycles. The van der Waals surface area contributed by atoms with E-state index >= 15 is 0 Å². The van der Waals surface area contributed by atoms with E-state index in [0.29, 0.717) is 18.4 Å². The number of nitrogens with zero attached hydrogens (tertiary/aromatic N) is 1. The number of nitrogens with one attached hydrogen (secondary N) is 1. The van der Waals surface area contributed by atoms with Crippen molar-refractivity contribution in [1.82, 2.24) is 9.62 Å². The van der Waals surface area contributed by atoms with E-state index in [1.54, 1.807) is 11.9 Å². The van der Waals surface area contributed by atoms with Crippen molar-refractivity contribution in [2.45, 2.75) is 25.9 Å². The number of carbonyl (C=O) groups is 1. The van der Waals surface area contributed by atoms with Crippen molar-refractivity contribution >= 4 is 17.7 Å². The minimum atomic E-state index is 0.0532. The summed E-state index contributed by atoms with van der Waals surface area (Å²) in [7, 11) is 0. The smallest absolute Gasteiger partial charge is 0.165 e. The minimum Gasteiger partial charge on any atom is -0.304 e. The maximum Gasteiger partial charge on any atom is 0.165 e. The normalized spacial score (nSPS) is 25.7. The van der Waals surface area contributed by atoms with Crippen LogP contribution in [0.25, 0.3) is 0 Å². The molecule has 1 N–H and O–H groups in total. The van der Waals surface area contributed by atoms with E-state index in [1.165, 1.54) is 0 Å². The maximum atomic E-state index is 11.4. The summed E-state index contributed by atoms with van der Waals surface area (Å²) in [6.45, 7) is 5.56. The van der Waals surface area contributed by atoms with Crippen LogP contribution >= 0.6 is 11.9 Å². The second kappa shape index (κ2) is 4.25. The van der Waals surface area contributed by atoms with Crippen LogP contribution in [0.5, 0.6) is 0 Å². The molecule has 0 saturated carbocycles. The van der Waals surface area contributed by atoms with E-state index in [9.17, 15) is 4.79 Å². The van der Waals surface area contributed by atoms with E-state index in [0.717, 1.165) is 6.54 Å². The highest BCUT2D eigenvalue weighted by Crippen LogP contribution is 2.13. The molecule has 1 heterocycles. The average Bonchev–Trinajstić information content (AvgIpc) is 2.31. The highest BCUT2D eigenvalue weighted by molar-refractivity contribution is 7.96. The predicted octanol–water partition coefficient (Wildman–Crippen LogP) is 0.516. The van der Waals surface area contributed by atoms with Gasteiger partial charge in [0, 0.05) is 12.6 Å². The Kier molecular flexibility index (Phi) is 3.55. The van der Waals surface area contributed by atoms with E-state index in [-0.39, 0.29) is 6.04 Å². The molecule has 1 aliphatic heterocycles. The topological polar surface area (TPSA) is 32.3 Å². The van der Waals surface area contributed by atoms with Crippen molar-refractivity contribution in [2.75, 3.05) is 19.3 Å². The summed E-state index contributed by atoms with van der Waals surface area (Å²) in [5, 5.41) is 3.25. The molecule has 0 aliphatic carbocycles. The molecule has 0 aromatic carbocycles. The molecule has 1 rings (SSSR count). The fraction of sp³-hybridized carbons (Fsp3) is 0.875. The minimum absolute atomic E-state index is 0.0532. The zero-order chi connectivity index (χ0) is 9.14. The Morgan fingerprint density at radius 3 is 2.75 bits per heavy atom. The van der Waals surface area contributed by atoms with Crippen LogP contribution in [0, 0.1) is 0 Å². The van der Waals surface area contributed by atoms with E-state index in [2.05, 4.69) is 23.5 Å². The molecule has 0 unspecified atom stereocenters. The Bertz CT molecular complexity index is 172. The van der Waals surface area contributed by atoms with Crippen molar-refractivity contribution in [2.24, 2.45) is 0 Å². The molecule has 1 aliphatic rings. The zero-order valence-electron chi connectivity index (χ0n) is 7.83. The van der Waals surface area contributed by atoms with Crippen molar-refractivity contribution in [3.63, 3.8) is 0 Å². The van der Waals surface area contributed by atoms with Gasteiger partial charge in [0.1, 0.15) is 0 Å². The molecule has 3 nitrogen and oxygen atoms in total. The summed E-state index contributed by atoms with van der Waals surface area (Å²) in [5.74, 6) is 0.318. The van der Waals surface area contributed by atoms with Gasteiger partial charge in [-0.15, -0.1) is 0 Å². The molecule has 70 valence electrons. The first-order valence-electron chi connectivity index (χ1n) is 4.21. The Morgan fingerprint density at radius 2 is 2.33 bits per heavy atom. The van der Waals surface area contributed by atoms with Gasteiger partial charge in [-0.3, -0.25) is 4.79 Å². The van der Waals surface area contributed by atoms with Gasteiger partial charge in [-0.05, 0) is 6.26 Å².